The van der Waals surface area contributed by atoms with Gasteiger partial charge in [0.15, 0.2) is 0 Å². The van der Waals surface area contributed by atoms with E-state index in [2.05, 4.69) is 52.5 Å². The molecule has 1 unspecified atom stereocenters. The molecule has 0 spiro atoms. The Balaban J connectivity index is 1.41. The van der Waals surface area contributed by atoms with E-state index in [1.807, 2.05) is 11.8 Å². The molecular formula is C38H61N13O11S. The number of hydroxylamine groups is 1. The number of nitrogens with zero attached hydrogens (tertiary/aromatic N) is 1. The Morgan fingerprint density at radius 1 is 0.810 bits per heavy atom. The number of aromatic nitrogens is 2. The van der Waals surface area contributed by atoms with Crippen LogP contribution in [0.3, 0.4) is 0 Å². The van der Waals surface area contributed by atoms with Crippen LogP contribution in [0.2, 0.25) is 0 Å². The highest BCUT2D eigenvalue weighted by molar-refractivity contribution is 8.00. The van der Waals surface area contributed by atoms with Crippen LogP contribution < -0.4 is 59.5 Å². The topological polar surface area (TPSA) is 380 Å². The summed E-state index contributed by atoms with van der Waals surface area (Å²) in [6.07, 6.45) is 5.63. The van der Waals surface area contributed by atoms with E-state index in [1.165, 1.54) is 18.0 Å². The highest BCUT2D eigenvalue weighted by Gasteiger charge is 2.42. The number of urea groups is 1. The number of carbonyl (C=O) groups excluding carboxylic acids is 10. The van der Waals surface area contributed by atoms with Crippen molar-refractivity contribution in [3.05, 3.63) is 18.2 Å². The van der Waals surface area contributed by atoms with Gasteiger partial charge in [0.1, 0.15) is 18.1 Å². The fourth-order valence-electron chi connectivity index (χ4n) is 7.05. The van der Waals surface area contributed by atoms with Gasteiger partial charge < -0.3 is 59.0 Å². The first-order chi connectivity index (χ1) is 29.9. The molecule has 24 nitrogen and oxygen atoms in total. The van der Waals surface area contributed by atoms with E-state index in [1.54, 1.807) is 13.8 Å². The summed E-state index contributed by atoms with van der Waals surface area (Å²) >= 11 is 1.83. The molecule has 2 aliphatic heterocycles. The number of unbranched alkanes of at least 4 members (excludes halogenated alkanes) is 2. The summed E-state index contributed by atoms with van der Waals surface area (Å²) in [5.41, 5.74) is 12.7. The van der Waals surface area contributed by atoms with Gasteiger partial charge in [-0.15, -0.1) is 0 Å². The third-order valence-corrected chi connectivity index (χ3v) is 11.7. The number of imidazole rings is 1. The average Bonchev–Trinajstić information content (AvgIpc) is 3.97. The molecule has 3 rings (SSSR count). The van der Waals surface area contributed by atoms with Gasteiger partial charge in [-0.2, -0.15) is 11.8 Å². The standard InChI is InChI=1S/C38H61N13O11S/c1-20(2)11-21(12-30(54)51-62)35(58)47-25(14-28(39)52)37(60)48-24(13-22-15-41-19-45-22)36(59)44-16-31(55)43-17-32(56)46-23(34(40)57)7-5-6-10-42-29(53)9-4-3-8-27-33-26(18-63-27)49-38(61)50-33/h15,19-21,23-27,33,62H,3-14,16-18H2,1-2H3,(H2,39,52)(H2,40,57)(H,41,45)(H,42,53)(H,43,55)(H,44,59)(H,46,56)(H,47,58)(H,48,60)(H,51,54)(H2,49,50,61)/t21?,23-,24-,25-,26-,27-,33-/m0/s1. The molecule has 11 amide bonds. The Bertz CT molecular complexity index is 1770. The van der Waals surface area contributed by atoms with E-state index >= 15 is 0 Å². The summed E-state index contributed by atoms with van der Waals surface area (Å²) in [4.78, 5) is 131. The molecule has 350 valence electrons. The number of H-pyrrole nitrogens is 1. The fraction of sp³-hybridized carbons (Fsp3) is 0.658. The number of fused-ring (bicyclic) bond motifs is 1. The first kappa shape index (κ1) is 51.4. The van der Waals surface area contributed by atoms with Crippen LogP contribution in [-0.2, 0) is 49.6 Å². The summed E-state index contributed by atoms with van der Waals surface area (Å²) in [5, 5.41) is 30.0. The molecule has 25 heteroatoms. The van der Waals surface area contributed by atoms with E-state index in [4.69, 9.17) is 16.7 Å². The molecule has 7 atom stereocenters. The molecule has 0 aliphatic carbocycles. The number of amides is 11. The minimum Gasteiger partial charge on any atom is -0.370 e. The van der Waals surface area contributed by atoms with E-state index in [-0.39, 0.29) is 49.2 Å². The number of thioether (sulfide) groups is 1. The Morgan fingerprint density at radius 2 is 1.54 bits per heavy atom. The lowest BCUT2D eigenvalue weighted by Gasteiger charge is -2.24. The highest BCUT2D eigenvalue weighted by atomic mass is 32.2. The second kappa shape index (κ2) is 26.5. The van der Waals surface area contributed by atoms with Crippen molar-refractivity contribution < 1.29 is 53.2 Å². The van der Waals surface area contributed by atoms with Gasteiger partial charge in [-0.1, -0.05) is 20.3 Å². The largest absolute Gasteiger partial charge is 0.370 e. The van der Waals surface area contributed by atoms with E-state index in [0.29, 0.717) is 43.2 Å². The number of hydrogen-bond acceptors (Lipinski definition) is 13. The normalized spacial score (nSPS) is 18.3. The molecular weight excluding hydrogens is 847 g/mol. The third-order valence-electron chi connectivity index (χ3n) is 10.2. The Labute approximate surface area is 368 Å². The molecule has 0 saturated carbocycles. The number of aromatic amines is 1. The maximum atomic E-state index is 13.4. The third kappa shape index (κ3) is 18.9. The Hall–Kier alpha value is -5.98. The summed E-state index contributed by atoms with van der Waals surface area (Å²) in [6.45, 7) is 2.74. The molecule has 0 radical (unpaired) electrons. The monoisotopic (exact) mass is 907 g/mol. The van der Waals surface area contributed by atoms with Gasteiger partial charge in [-0.3, -0.25) is 48.4 Å². The van der Waals surface area contributed by atoms with Crippen molar-refractivity contribution in [3.8, 4) is 0 Å². The Kier molecular flexibility index (Phi) is 21.6. The van der Waals surface area contributed by atoms with Crippen molar-refractivity contribution >= 4 is 71.0 Å². The van der Waals surface area contributed by atoms with Gasteiger partial charge in [0.05, 0.1) is 37.9 Å². The maximum Gasteiger partial charge on any atom is 0.315 e. The smallest absolute Gasteiger partial charge is 0.315 e. The van der Waals surface area contributed by atoms with Gasteiger partial charge in [-0.25, -0.2) is 15.3 Å². The maximum absolute atomic E-state index is 13.4. The first-order valence-electron chi connectivity index (χ1n) is 20.8. The van der Waals surface area contributed by atoms with E-state index in [0.717, 1.165) is 18.6 Å². The molecule has 1 aromatic rings. The Morgan fingerprint density at radius 3 is 2.21 bits per heavy atom. The van der Waals surface area contributed by atoms with Gasteiger partial charge in [0.25, 0.3) is 0 Å². The van der Waals surface area contributed by atoms with Crippen molar-refractivity contribution in [2.24, 2.45) is 23.3 Å². The van der Waals surface area contributed by atoms with Crippen LogP contribution in [-0.4, -0.2) is 135 Å². The number of carbonyl (C=O) groups is 10. The summed E-state index contributed by atoms with van der Waals surface area (Å²) in [6, 6.07) is -3.84. The number of nitrogens with one attached hydrogen (secondary N) is 10. The van der Waals surface area contributed by atoms with Crippen molar-refractivity contribution in [1.82, 2.24) is 58.0 Å². The lowest BCUT2D eigenvalue weighted by atomic mass is 9.92. The van der Waals surface area contributed by atoms with Crippen LogP contribution in [0.5, 0.6) is 0 Å². The van der Waals surface area contributed by atoms with Crippen molar-refractivity contribution in [1.29, 1.82) is 0 Å². The fourth-order valence-corrected chi connectivity index (χ4v) is 8.59. The molecule has 0 bridgehead atoms. The number of nitrogens with two attached hydrogens (primary N) is 2. The average molecular weight is 908 g/mol. The van der Waals surface area contributed by atoms with Crippen molar-refractivity contribution in [2.45, 2.75) is 120 Å². The van der Waals surface area contributed by atoms with Crippen LogP contribution in [0.1, 0.15) is 83.7 Å². The van der Waals surface area contributed by atoms with Crippen LogP contribution >= 0.6 is 11.8 Å². The molecule has 15 N–H and O–H groups in total. The summed E-state index contributed by atoms with van der Waals surface area (Å²) in [5.74, 6) is -7.02. The van der Waals surface area contributed by atoms with Crippen LogP contribution in [0.4, 0.5) is 4.79 Å². The number of primary amides is 2. The lowest BCUT2D eigenvalue weighted by Crippen LogP contribution is -2.56. The molecule has 0 aromatic carbocycles. The predicted octanol–water partition coefficient (Wildman–Crippen LogP) is -3.43. The van der Waals surface area contributed by atoms with Gasteiger partial charge >= 0.3 is 6.03 Å². The predicted molar refractivity (Wildman–Crippen MR) is 225 cm³/mol. The van der Waals surface area contributed by atoms with E-state index < -0.39 is 97.2 Å². The quantitative estimate of drug-likeness (QED) is 0.0161. The van der Waals surface area contributed by atoms with Gasteiger partial charge in [0.2, 0.25) is 53.2 Å². The zero-order valence-corrected chi connectivity index (χ0v) is 36.2. The van der Waals surface area contributed by atoms with Crippen LogP contribution in [0, 0.1) is 11.8 Å². The van der Waals surface area contributed by atoms with Gasteiger partial charge in [-0.05, 0) is 44.4 Å². The molecule has 3 heterocycles. The molecule has 63 heavy (non-hydrogen) atoms. The second-order valence-electron chi connectivity index (χ2n) is 15.9. The van der Waals surface area contributed by atoms with Crippen LogP contribution in [0.25, 0.3) is 0 Å². The van der Waals surface area contributed by atoms with E-state index in [9.17, 15) is 47.9 Å². The lowest BCUT2D eigenvalue weighted by molar-refractivity contribution is -0.137. The molecule has 2 fully saturated rings. The summed E-state index contributed by atoms with van der Waals surface area (Å²) < 4.78 is 0. The summed E-state index contributed by atoms with van der Waals surface area (Å²) in [7, 11) is 0. The number of rotatable bonds is 29. The van der Waals surface area contributed by atoms with Gasteiger partial charge in [0, 0.05) is 54.6 Å². The number of hydrogen-bond donors (Lipinski definition) is 13. The molecule has 1 aromatic heterocycles. The second-order valence-corrected chi connectivity index (χ2v) is 17.1. The zero-order valence-electron chi connectivity index (χ0n) is 35.4. The zero-order chi connectivity index (χ0) is 46.5. The molecule has 2 aliphatic rings. The molecule has 2 saturated heterocycles. The first-order valence-corrected chi connectivity index (χ1v) is 21.9. The minimum atomic E-state index is -1.57. The van der Waals surface area contributed by atoms with Crippen molar-refractivity contribution in [3.63, 3.8) is 0 Å². The van der Waals surface area contributed by atoms with Crippen molar-refractivity contribution in [2.75, 3.05) is 25.4 Å². The SMILES string of the molecule is CC(C)CC(CC(=O)NO)C(=O)N[C@@H](CC(N)=O)C(=O)N[C@@H](Cc1cnc[nH]1)C(=O)NCC(=O)NCC(=O)N[C@@H](CCCCNC(=O)CCCC[C@@H]1SC[C@@H]2NC(=O)N[C@@H]21)C(N)=O. The van der Waals surface area contributed by atoms with Crippen LogP contribution in [0.15, 0.2) is 12.5 Å². The minimum absolute atomic E-state index is 0.0689. The highest BCUT2D eigenvalue weighted by Crippen LogP contribution is 2.33.